The zero-order valence-electron chi connectivity index (χ0n) is 7.84. The Balaban J connectivity index is 2.63. The third-order valence-electron chi connectivity index (χ3n) is 1.76. The summed E-state index contributed by atoms with van der Waals surface area (Å²) in [5, 5.41) is 4.57. The molecular formula is C8H8N4O2S. The Morgan fingerprint density at radius 1 is 1.67 bits per heavy atom. The SMILES string of the molecule is Cc1cc(S)n2ncc(OC(N)=O)c2n1. The predicted octanol–water partition coefficient (Wildman–Crippen LogP) is 0.784. The average molecular weight is 224 g/mol. The molecule has 7 heteroatoms. The van der Waals surface area contributed by atoms with Gasteiger partial charge >= 0.3 is 6.09 Å². The van der Waals surface area contributed by atoms with Crippen LogP contribution in [0.2, 0.25) is 0 Å². The van der Waals surface area contributed by atoms with Crippen LogP contribution in [-0.4, -0.2) is 20.7 Å². The highest BCUT2D eigenvalue weighted by Crippen LogP contribution is 2.20. The Morgan fingerprint density at radius 3 is 3.07 bits per heavy atom. The van der Waals surface area contributed by atoms with E-state index in [0.29, 0.717) is 10.7 Å². The van der Waals surface area contributed by atoms with Crippen molar-refractivity contribution in [1.82, 2.24) is 14.6 Å². The lowest BCUT2D eigenvalue weighted by Crippen LogP contribution is -2.16. The minimum Gasteiger partial charge on any atom is -0.405 e. The molecule has 0 atom stereocenters. The topological polar surface area (TPSA) is 82.5 Å². The fourth-order valence-corrected chi connectivity index (χ4v) is 1.56. The summed E-state index contributed by atoms with van der Waals surface area (Å²) in [6, 6.07) is 1.75. The summed E-state index contributed by atoms with van der Waals surface area (Å²) >= 11 is 4.21. The number of ether oxygens (including phenoxy) is 1. The number of aromatic nitrogens is 3. The van der Waals surface area contributed by atoms with Crippen LogP contribution in [0.5, 0.6) is 5.75 Å². The van der Waals surface area contributed by atoms with E-state index in [1.165, 1.54) is 10.7 Å². The number of carbonyl (C=O) groups is 1. The van der Waals surface area contributed by atoms with E-state index < -0.39 is 6.09 Å². The minimum atomic E-state index is -0.895. The number of carbonyl (C=O) groups excluding carboxylic acids is 1. The molecular weight excluding hydrogens is 216 g/mol. The summed E-state index contributed by atoms with van der Waals surface area (Å²) in [6.07, 6.45) is 0.473. The van der Waals surface area contributed by atoms with Gasteiger partial charge in [-0.3, -0.25) is 0 Å². The summed E-state index contributed by atoms with van der Waals surface area (Å²) in [4.78, 5) is 14.8. The van der Waals surface area contributed by atoms with Crippen LogP contribution in [-0.2, 0) is 0 Å². The lowest BCUT2D eigenvalue weighted by molar-refractivity contribution is 0.211. The second-order valence-electron chi connectivity index (χ2n) is 2.92. The third kappa shape index (κ3) is 1.73. The molecule has 0 spiro atoms. The lowest BCUT2D eigenvalue weighted by Gasteiger charge is -2.00. The maximum atomic E-state index is 10.6. The Labute approximate surface area is 90.5 Å². The van der Waals surface area contributed by atoms with Crippen LogP contribution in [0.4, 0.5) is 4.79 Å². The maximum Gasteiger partial charge on any atom is 0.410 e. The Hall–Kier alpha value is -1.76. The normalized spacial score (nSPS) is 10.5. The number of fused-ring (bicyclic) bond motifs is 1. The predicted molar refractivity (Wildman–Crippen MR) is 55.2 cm³/mol. The van der Waals surface area contributed by atoms with Gasteiger partial charge in [-0.25, -0.2) is 14.3 Å². The molecule has 0 unspecified atom stereocenters. The number of nitrogens with zero attached hydrogens (tertiary/aromatic N) is 3. The molecule has 2 aromatic heterocycles. The maximum absolute atomic E-state index is 10.6. The number of thiol groups is 1. The first-order valence-electron chi connectivity index (χ1n) is 4.09. The van der Waals surface area contributed by atoms with Gasteiger partial charge in [0.05, 0.1) is 11.2 Å². The first-order valence-corrected chi connectivity index (χ1v) is 4.54. The molecule has 6 nitrogen and oxygen atoms in total. The van der Waals surface area contributed by atoms with Crippen molar-refractivity contribution in [3.63, 3.8) is 0 Å². The fourth-order valence-electron chi connectivity index (χ4n) is 1.22. The molecule has 0 saturated carbocycles. The van der Waals surface area contributed by atoms with Gasteiger partial charge in [0, 0.05) is 5.69 Å². The molecule has 0 aliphatic rings. The highest BCUT2D eigenvalue weighted by atomic mass is 32.1. The average Bonchev–Trinajstić information content (AvgIpc) is 2.48. The Morgan fingerprint density at radius 2 is 2.40 bits per heavy atom. The van der Waals surface area contributed by atoms with E-state index in [2.05, 4.69) is 22.7 Å². The van der Waals surface area contributed by atoms with Crippen molar-refractivity contribution in [1.29, 1.82) is 0 Å². The number of hydrogen-bond donors (Lipinski definition) is 2. The fraction of sp³-hybridized carbons (Fsp3) is 0.125. The molecule has 0 fully saturated rings. The number of rotatable bonds is 1. The molecule has 2 aromatic rings. The van der Waals surface area contributed by atoms with Crippen LogP contribution in [0.1, 0.15) is 5.69 Å². The van der Waals surface area contributed by atoms with Gasteiger partial charge in [0.25, 0.3) is 0 Å². The molecule has 2 rings (SSSR count). The van der Waals surface area contributed by atoms with E-state index in [9.17, 15) is 4.79 Å². The summed E-state index contributed by atoms with van der Waals surface area (Å²) in [5.41, 5.74) is 6.07. The quantitative estimate of drug-likeness (QED) is 0.554. The van der Waals surface area contributed by atoms with Crippen molar-refractivity contribution >= 4 is 24.4 Å². The molecule has 2 N–H and O–H groups in total. The first kappa shape index (κ1) is 9.78. The Bertz CT molecular complexity index is 537. The summed E-state index contributed by atoms with van der Waals surface area (Å²) in [6.45, 7) is 1.81. The molecule has 2 heterocycles. The molecule has 78 valence electrons. The van der Waals surface area contributed by atoms with Crippen LogP contribution < -0.4 is 10.5 Å². The standard InChI is InChI=1S/C8H8N4O2S/c1-4-2-6(15)12-7(11-4)5(3-10-12)14-8(9)13/h2-3,15H,1H3,(H2,9,13). The second kappa shape index (κ2) is 3.43. The molecule has 0 radical (unpaired) electrons. The molecule has 0 aliphatic heterocycles. The van der Waals surface area contributed by atoms with Crippen LogP contribution in [0.25, 0.3) is 5.65 Å². The van der Waals surface area contributed by atoms with E-state index in [1.54, 1.807) is 13.0 Å². The summed E-state index contributed by atoms with van der Waals surface area (Å²) in [5.74, 6) is 0.224. The summed E-state index contributed by atoms with van der Waals surface area (Å²) in [7, 11) is 0. The Kier molecular flexibility index (Phi) is 2.24. The van der Waals surface area contributed by atoms with Crippen molar-refractivity contribution in [2.75, 3.05) is 0 Å². The zero-order chi connectivity index (χ0) is 11.0. The van der Waals surface area contributed by atoms with Gasteiger partial charge in [-0.2, -0.15) is 5.10 Å². The number of hydrogen-bond acceptors (Lipinski definition) is 5. The number of primary amides is 1. The second-order valence-corrected chi connectivity index (χ2v) is 3.38. The van der Waals surface area contributed by atoms with E-state index in [1.807, 2.05) is 0 Å². The van der Waals surface area contributed by atoms with Crippen molar-refractivity contribution in [3.8, 4) is 5.75 Å². The van der Waals surface area contributed by atoms with E-state index in [4.69, 9.17) is 10.5 Å². The number of nitrogens with two attached hydrogens (primary N) is 1. The molecule has 0 bridgehead atoms. The van der Waals surface area contributed by atoms with Crippen LogP contribution in [0, 0.1) is 6.92 Å². The van der Waals surface area contributed by atoms with Crippen molar-refractivity contribution in [2.24, 2.45) is 5.73 Å². The highest BCUT2D eigenvalue weighted by Gasteiger charge is 2.11. The van der Waals surface area contributed by atoms with Crippen LogP contribution in [0.15, 0.2) is 17.3 Å². The van der Waals surface area contributed by atoms with Crippen LogP contribution in [0.3, 0.4) is 0 Å². The van der Waals surface area contributed by atoms with E-state index in [0.717, 1.165) is 5.69 Å². The number of aryl methyl sites for hydroxylation is 1. The van der Waals surface area contributed by atoms with E-state index in [-0.39, 0.29) is 5.75 Å². The molecule has 0 aliphatic carbocycles. The van der Waals surface area contributed by atoms with Crippen molar-refractivity contribution in [2.45, 2.75) is 11.9 Å². The van der Waals surface area contributed by atoms with E-state index >= 15 is 0 Å². The third-order valence-corrected chi connectivity index (χ3v) is 2.08. The van der Waals surface area contributed by atoms with Gasteiger partial charge in [-0.05, 0) is 13.0 Å². The monoisotopic (exact) mass is 224 g/mol. The van der Waals surface area contributed by atoms with Crippen molar-refractivity contribution < 1.29 is 9.53 Å². The van der Waals surface area contributed by atoms with Gasteiger partial charge in [0.2, 0.25) is 0 Å². The largest absolute Gasteiger partial charge is 0.410 e. The number of amides is 1. The minimum absolute atomic E-state index is 0.224. The first-order chi connectivity index (χ1) is 7.08. The van der Waals surface area contributed by atoms with Gasteiger partial charge < -0.3 is 10.5 Å². The van der Waals surface area contributed by atoms with Crippen LogP contribution >= 0.6 is 12.6 Å². The molecule has 0 aromatic carbocycles. The highest BCUT2D eigenvalue weighted by molar-refractivity contribution is 7.80. The van der Waals surface area contributed by atoms with Gasteiger partial charge in [0.15, 0.2) is 11.4 Å². The molecule has 1 amide bonds. The zero-order valence-corrected chi connectivity index (χ0v) is 8.73. The van der Waals surface area contributed by atoms with Crippen molar-refractivity contribution in [3.05, 3.63) is 18.0 Å². The van der Waals surface area contributed by atoms with Gasteiger partial charge in [-0.15, -0.1) is 12.6 Å². The molecule has 0 saturated heterocycles. The smallest absolute Gasteiger partial charge is 0.405 e. The molecule has 15 heavy (non-hydrogen) atoms. The lowest BCUT2D eigenvalue weighted by atomic mass is 10.4. The van der Waals surface area contributed by atoms with Gasteiger partial charge in [0.1, 0.15) is 0 Å². The summed E-state index contributed by atoms with van der Waals surface area (Å²) < 4.78 is 6.19. The van der Waals surface area contributed by atoms with Gasteiger partial charge in [-0.1, -0.05) is 0 Å².